The average molecular weight is 724 g/mol. The molecule has 2 aromatic heterocycles. The van der Waals surface area contributed by atoms with Gasteiger partial charge >= 0.3 is 5.97 Å². The highest BCUT2D eigenvalue weighted by Gasteiger charge is 2.24. The minimum absolute atomic E-state index is 0.0139. The third-order valence-electron chi connectivity index (χ3n) is 7.77. The molecule has 4 aromatic rings. The molecule has 0 aliphatic carbocycles. The normalized spacial score (nSPS) is 12.0. The zero-order valence-electron chi connectivity index (χ0n) is 28.3. The van der Waals surface area contributed by atoms with Crippen LogP contribution in [-0.4, -0.2) is 88.0 Å². The number of nitrogens with zero attached hydrogens (tertiary/aromatic N) is 4. The van der Waals surface area contributed by atoms with Crippen LogP contribution in [0, 0.1) is 11.6 Å². The van der Waals surface area contributed by atoms with E-state index in [1.54, 1.807) is 28.8 Å². The minimum atomic E-state index is -1.21. The smallest absolute Gasteiger partial charge is 0.303 e. The fourth-order valence-electron chi connectivity index (χ4n) is 5.08. The van der Waals surface area contributed by atoms with Crippen molar-refractivity contribution in [3.63, 3.8) is 0 Å². The van der Waals surface area contributed by atoms with Crippen LogP contribution in [0.2, 0.25) is 0 Å². The van der Waals surface area contributed by atoms with Crippen LogP contribution in [0.15, 0.2) is 53.9 Å². The molecule has 17 nitrogen and oxygen atoms in total. The summed E-state index contributed by atoms with van der Waals surface area (Å²) >= 11 is 0. The summed E-state index contributed by atoms with van der Waals surface area (Å²) in [7, 11) is 1.25. The van der Waals surface area contributed by atoms with Gasteiger partial charge in [0.05, 0.1) is 31.6 Å². The number of carbonyl (C=O) groups is 4. The van der Waals surface area contributed by atoms with E-state index in [4.69, 9.17) is 27.0 Å². The summed E-state index contributed by atoms with van der Waals surface area (Å²) in [4.78, 5) is 61.6. The number of aryl methyl sites for hydroxylation is 1. The van der Waals surface area contributed by atoms with Crippen LogP contribution in [0.25, 0.3) is 16.9 Å². The number of anilines is 2. The highest BCUT2D eigenvalue weighted by molar-refractivity contribution is 5.96. The fraction of sp³-hybridized carbons (Fsp3) is 0.303. The number of aromatic nitrogens is 3. The fourth-order valence-corrected chi connectivity index (χ4v) is 5.08. The maximum Gasteiger partial charge on any atom is 0.303 e. The number of nitrogens with one attached hydrogen (secondary N) is 4. The van der Waals surface area contributed by atoms with Crippen LogP contribution in [0.5, 0.6) is 5.75 Å². The standard InChI is InChI=1S/C33H39F2N11O6/c1-3-17-14-18(44-28-29-42-16-23(46(29)13-12-39-28)20-6-8-24(52-2)27(35)26(20)34)4-5-19(17)30(49)40-10-11-41-32(51)22(15-43-33(37)38)45-31(50)21(36)7-9-25(47)48/h4-6,8,12-14,16,21-22H,3,7,9-11,15,36H2,1-2H3,(H,39,44)(H,40,49)(H,41,51)(H,45,50)(H,47,48)(H4,37,38,43). The van der Waals surface area contributed by atoms with E-state index in [9.17, 15) is 28.0 Å². The SMILES string of the molecule is CCc1cc(Nc2nccn3c(-c4ccc(OC)c(F)c4F)cnc23)ccc1C(=O)NCCNC(=O)C(CN=C(N)N)NC(=O)C(N)CCC(=O)O. The van der Waals surface area contributed by atoms with Gasteiger partial charge in [0.25, 0.3) is 5.91 Å². The van der Waals surface area contributed by atoms with Crippen molar-refractivity contribution in [1.29, 1.82) is 0 Å². The first-order valence-corrected chi connectivity index (χ1v) is 16.0. The number of aliphatic carboxylic acids is 1. The molecule has 2 aromatic carbocycles. The van der Waals surface area contributed by atoms with Crippen LogP contribution in [-0.2, 0) is 20.8 Å². The lowest BCUT2D eigenvalue weighted by Crippen LogP contribution is -2.54. The summed E-state index contributed by atoms with van der Waals surface area (Å²) < 4.78 is 35.7. The molecule has 3 amide bonds. The van der Waals surface area contributed by atoms with Crippen molar-refractivity contribution in [3.8, 4) is 17.0 Å². The molecular weight excluding hydrogens is 684 g/mol. The quantitative estimate of drug-likeness (QED) is 0.0427. The van der Waals surface area contributed by atoms with E-state index < -0.39 is 47.4 Å². The maximum atomic E-state index is 14.9. The van der Waals surface area contributed by atoms with Gasteiger partial charge in [-0.05, 0) is 48.7 Å². The molecular formula is C33H39F2N11O6. The Labute approximate surface area is 296 Å². The van der Waals surface area contributed by atoms with E-state index in [1.165, 1.54) is 31.6 Å². The van der Waals surface area contributed by atoms with Gasteiger partial charge in [0.1, 0.15) is 6.04 Å². The van der Waals surface area contributed by atoms with Crippen LogP contribution in [0.3, 0.4) is 0 Å². The zero-order valence-corrected chi connectivity index (χ0v) is 28.3. The number of guanidine groups is 1. The van der Waals surface area contributed by atoms with Gasteiger partial charge < -0.3 is 48.3 Å². The second-order valence-corrected chi connectivity index (χ2v) is 11.3. The Morgan fingerprint density at radius 3 is 2.48 bits per heavy atom. The summed E-state index contributed by atoms with van der Waals surface area (Å²) in [5.74, 6) is -5.34. The number of halogens is 2. The van der Waals surface area contributed by atoms with Crippen LogP contribution >= 0.6 is 0 Å². The molecule has 19 heteroatoms. The molecule has 11 N–H and O–H groups in total. The Bertz CT molecular complexity index is 1980. The molecule has 2 atom stereocenters. The number of carboxylic acid groups (broad SMARTS) is 1. The van der Waals surface area contributed by atoms with Crippen LogP contribution < -0.4 is 43.2 Å². The molecule has 0 aliphatic rings. The second kappa shape index (κ2) is 17.5. The largest absolute Gasteiger partial charge is 0.494 e. The Hall–Kier alpha value is -6.37. The lowest BCUT2D eigenvalue weighted by molar-refractivity contribution is -0.137. The Kier molecular flexibility index (Phi) is 13.0. The number of ether oxygens (including phenoxy) is 1. The topological polar surface area (TPSA) is 266 Å². The molecule has 52 heavy (non-hydrogen) atoms. The first-order valence-electron chi connectivity index (χ1n) is 16.0. The predicted molar refractivity (Wildman–Crippen MR) is 187 cm³/mol. The number of aliphatic imine (C=N–C) groups is 1. The van der Waals surface area contributed by atoms with Crippen LogP contribution in [0.4, 0.5) is 20.3 Å². The molecule has 0 saturated carbocycles. The van der Waals surface area contributed by atoms with E-state index in [2.05, 4.69) is 36.2 Å². The molecule has 0 saturated heterocycles. The van der Waals surface area contributed by atoms with Crippen molar-refractivity contribution < 1.29 is 37.8 Å². The number of rotatable bonds is 17. The number of carbonyl (C=O) groups excluding carboxylic acids is 3. The van der Waals surface area contributed by atoms with Crippen LogP contribution in [0.1, 0.15) is 35.7 Å². The average Bonchev–Trinajstić information content (AvgIpc) is 3.56. The lowest BCUT2D eigenvalue weighted by atomic mass is 10.0. The summed E-state index contributed by atoms with van der Waals surface area (Å²) in [6.45, 7) is 1.59. The van der Waals surface area contributed by atoms with Gasteiger partial charge in [-0.2, -0.15) is 4.39 Å². The number of nitrogens with two attached hydrogens (primary N) is 3. The number of carboxylic acids is 1. The molecule has 276 valence electrons. The van der Waals surface area contributed by atoms with E-state index in [1.807, 2.05) is 6.92 Å². The van der Waals surface area contributed by atoms with Gasteiger partial charge in [-0.25, -0.2) is 14.4 Å². The number of methoxy groups -OCH3 is 1. The zero-order chi connectivity index (χ0) is 37.9. The van der Waals surface area contributed by atoms with Crippen molar-refractivity contribution in [2.24, 2.45) is 22.2 Å². The third kappa shape index (κ3) is 9.44. The summed E-state index contributed by atoms with van der Waals surface area (Å²) in [5, 5.41) is 19.7. The van der Waals surface area contributed by atoms with Gasteiger partial charge in [0.15, 0.2) is 29.0 Å². The molecule has 0 spiro atoms. The molecule has 2 unspecified atom stereocenters. The highest BCUT2D eigenvalue weighted by Crippen LogP contribution is 2.31. The van der Waals surface area contributed by atoms with Gasteiger partial charge in [-0.15, -0.1) is 0 Å². The van der Waals surface area contributed by atoms with E-state index in [-0.39, 0.29) is 49.7 Å². The number of benzene rings is 2. The first-order chi connectivity index (χ1) is 24.8. The molecule has 0 bridgehead atoms. The van der Waals surface area contributed by atoms with Gasteiger partial charge in [0, 0.05) is 48.7 Å². The third-order valence-corrected chi connectivity index (χ3v) is 7.77. The first kappa shape index (κ1) is 38.4. The number of amides is 3. The van der Waals surface area contributed by atoms with Crippen molar-refractivity contribution in [3.05, 3.63) is 71.7 Å². The number of imidazole rings is 1. The van der Waals surface area contributed by atoms with Crippen molar-refractivity contribution in [2.45, 2.75) is 38.3 Å². The Morgan fingerprint density at radius 2 is 1.79 bits per heavy atom. The summed E-state index contributed by atoms with van der Waals surface area (Å²) in [5.41, 5.74) is 18.8. The molecule has 0 fully saturated rings. The van der Waals surface area contributed by atoms with Crippen molar-refractivity contribution >= 4 is 46.8 Å². The van der Waals surface area contributed by atoms with E-state index in [0.717, 1.165) is 0 Å². The Balaban J connectivity index is 1.38. The molecule has 0 radical (unpaired) electrons. The van der Waals surface area contributed by atoms with E-state index >= 15 is 0 Å². The van der Waals surface area contributed by atoms with Gasteiger partial charge in [-0.1, -0.05) is 6.92 Å². The lowest BCUT2D eigenvalue weighted by Gasteiger charge is -2.19. The van der Waals surface area contributed by atoms with Gasteiger partial charge in [-0.3, -0.25) is 28.6 Å². The van der Waals surface area contributed by atoms with E-state index in [0.29, 0.717) is 40.4 Å². The van der Waals surface area contributed by atoms with Crippen molar-refractivity contribution in [2.75, 3.05) is 32.1 Å². The number of fused-ring (bicyclic) bond motifs is 1. The summed E-state index contributed by atoms with van der Waals surface area (Å²) in [6.07, 6.45) is 4.46. The molecule has 4 rings (SSSR count). The minimum Gasteiger partial charge on any atom is -0.494 e. The highest BCUT2D eigenvalue weighted by atomic mass is 19.2. The summed E-state index contributed by atoms with van der Waals surface area (Å²) in [6, 6.07) is 5.39. The van der Waals surface area contributed by atoms with Crippen molar-refractivity contribution in [1.82, 2.24) is 30.3 Å². The molecule has 0 aliphatic heterocycles. The number of hydrogen-bond acceptors (Lipinski definition) is 10. The van der Waals surface area contributed by atoms with Gasteiger partial charge in [0.2, 0.25) is 17.6 Å². The molecule has 2 heterocycles. The maximum absolute atomic E-state index is 14.9. The second-order valence-electron chi connectivity index (χ2n) is 11.3. The monoisotopic (exact) mass is 723 g/mol. The Morgan fingerprint density at radius 1 is 1.04 bits per heavy atom. The number of hydrogen-bond donors (Lipinski definition) is 8. The predicted octanol–water partition coefficient (Wildman–Crippen LogP) is 0.785.